The van der Waals surface area contributed by atoms with Gasteiger partial charge in [0.15, 0.2) is 0 Å². The van der Waals surface area contributed by atoms with Gasteiger partial charge in [0.05, 0.1) is 12.7 Å². The standard InChI is InChI=1S/C10H20I2O5/c1-10(2,3)4-6(14)9(17-12)8(15)7(5-13)16-11/h6-9,13-15H,4-5H2,1-3H3. The molecule has 7 heteroatoms. The second-order valence-corrected chi connectivity index (χ2v) is 6.20. The summed E-state index contributed by atoms with van der Waals surface area (Å²) in [6.45, 7) is 5.64. The van der Waals surface area contributed by atoms with Gasteiger partial charge in [-0.05, 0) is 11.8 Å². The molecule has 0 aliphatic carbocycles. The molecule has 4 atom stereocenters. The largest absolute Gasteiger partial charge is 0.394 e. The fourth-order valence-electron chi connectivity index (χ4n) is 1.48. The van der Waals surface area contributed by atoms with Crippen molar-refractivity contribution < 1.29 is 21.5 Å². The number of halogens is 2. The molecule has 5 nitrogen and oxygen atoms in total. The highest BCUT2D eigenvalue weighted by molar-refractivity contribution is 14.1. The van der Waals surface area contributed by atoms with Crippen LogP contribution >= 0.6 is 46.0 Å². The summed E-state index contributed by atoms with van der Waals surface area (Å²) in [5, 5.41) is 29.0. The molecular weight excluding hydrogens is 454 g/mol. The van der Waals surface area contributed by atoms with Crippen molar-refractivity contribution in [3.8, 4) is 0 Å². The molecule has 104 valence electrons. The Kier molecular flexibility index (Phi) is 9.06. The molecule has 0 heterocycles. The maximum Gasteiger partial charge on any atom is 0.124 e. The van der Waals surface area contributed by atoms with Crippen LogP contribution in [0.5, 0.6) is 0 Å². The first-order chi connectivity index (χ1) is 7.76. The van der Waals surface area contributed by atoms with E-state index < -0.39 is 24.4 Å². The van der Waals surface area contributed by atoms with Gasteiger partial charge in [0.2, 0.25) is 0 Å². The van der Waals surface area contributed by atoms with E-state index in [-0.39, 0.29) is 12.0 Å². The number of aliphatic hydroxyl groups is 3. The quantitative estimate of drug-likeness (QED) is 0.489. The molecule has 3 N–H and O–H groups in total. The van der Waals surface area contributed by atoms with E-state index >= 15 is 0 Å². The minimum absolute atomic E-state index is 0.0769. The zero-order valence-corrected chi connectivity index (χ0v) is 14.5. The summed E-state index contributed by atoms with van der Waals surface area (Å²) >= 11 is 3.24. The Labute approximate surface area is 130 Å². The van der Waals surface area contributed by atoms with Crippen molar-refractivity contribution in [1.29, 1.82) is 0 Å². The fourth-order valence-corrected chi connectivity index (χ4v) is 2.59. The Hall–Kier alpha value is 1.26. The first-order valence-corrected chi connectivity index (χ1v) is 7.04. The first kappa shape index (κ1) is 18.3. The van der Waals surface area contributed by atoms with Crippen molar-refractivity contribution in [1.82, 2.24) is 0 Å². The van der Waals surface area contributed by atoms with Gasteiger partial charge in [0.1, 0.15) is 64.3 Å². The molecule has 0 saturated carbocycles. The van der Waals surface area contributed by atoms with Crippen LogP contribution < -0.4 is 0 Å². The molecule has 0 bridgehead atoms. The summed E-state index contributed by atoms with van der Waals surface area (Å²) in [5.41, 5.74) is -0.0769. The van der Waals surface area contributed by atoms with E-state index in [1.807, 2.05) is 20.8 Å². The molecule has 0 aromatic rings. The van der Waals surface area contributed by atoms with Gasteiger partial charge in [-0.25, -0.2) is 0 Å². The molecule has 0 aliphatic rings. The summed E-state index contributed by atoms with van der Waals surface area (Å²) in [5.74, 6) is 0. The van der Waals surface area contributed by atoms with Crippen LogP contribution in [0.2, 0.25) is 0 Å². The number of hydrogen-bond acceptors (Lipinski definition) is 5. The van der Waals surface area contributed by atoms with E-state index in [2.05, 4.69) is 0 Å². The molecule has 4 unspecified atom stereocenters. The van der Waals surface area contributed by atoms with Gasteiger partial charge in [-0.2, -0.15) is 0 Å². The predicted octanol–water partition coefficient (Wildman–Crippen LogP) is 1.61. The van der Waals surface area contributed by atoms with Gasteiger partial charge in [-0.3, -0.25) is 0 Å². The second-order valence-electron chi connectivity index (χ2n) is 5.19. The van der Waals surface area contributed by atoms with Crippen molar-refractivity contribution in [3.05, 3.63) is 0 Å². The van der Waals surface area contributed by atoms with Crippen LogP contribution in [-0.4, -0.2) is 46.3 Å². The molecule has 17 heavy (non-hydrogen) atoms. The van der Waals surface area contributed by atoms with E-state index in [4.69, 9.17) is 11.2 Å². The van der Waals surface area contributed by atoms with E-state index in [0.717, 1.165) is 0 Å². The molecular formula is C10H20I2O5. The molecule has 0 radical (unpaired) electrons. The third-order valence-electron chi connectivity index (χ3n) is 2.32. The molecule has 0 aromatic carbocycles. The lowest BCUT2D eigenvalue weighted by Crippen LogP contribution is -2.47. The monoisotopic (exact) mass is 474 g/mol. The summed E-state index contributed by atoms with van der Waals surface area (Å²) in [6.07, 6.45) is -2.97. The molecule has 0 aromatic heterocycles. The van der Waals surface area contributed by atoms with Crippen molar-refractivity contribution in [2.75, 3.05) is 6.61 Å². The van der Waals surface area contributed by atoms with Crippen LogP contribution in [0.15, 0.2) is 0 Å². The average molecular weight is 474 g/mol. The van der Waals surface area contributed by atoms with E-state index in [0.29, 0.717) is 6.42 Å². The molecule has 0 aliphatic heterocycles. The minimum Gasteiger partial charge on any atom is -0.394 e. The SMILES string of the molecule is CC(C)(C)CC(O)C(OI)C(O)C(CO)OI. The van der Waals surface area contributed by atoms with Crippen LogP contribution in [0.1, 0.15) is 27.2 Å². The van der Waals surface area contributed by atoms with E-state index in [1.165, 1.54) is 0 Å². The van der Waals surface area contributed by atoms with Crippen molar-refractivity contribution in [3.63, 3.8) is 0 Å². The molecule has 0 spiro atoms. The predicted molar refractivity (Wildman–Crippen MR) is 81.0 cm³/mol. The average Bonchev–Trinajstić information content (AvgIpc) is 2.17. The van der Waals surface area contributed by atoms with Gasteiger partial charge >= 0.3 is 0 Å². The lowest BCUT2D eigenvalue weighted by molar-refractivity contribution is -0.0816. The molecule has 0 amide bonds. The Balaban J connectivity index is 4.59. The fraction of sp³-hybridized carbons (Fsp3) is 1.00. The van der Waals surface area contributed by atoms with Crippen LogP contribution in [0.4, 0.5) is 0 Å². The Bertz CT molecular complexity index is 205. The van der Waals surface area contributed by atoms with Crippen LogP contribution in [0, 0.1) is 5.41 Å². The minimum atomic E-state index is -1.08. The third kappa shape index (κ3) is 6.83. The normalized spacial score (nSPS) is 19.8. The third-order valence-corrected chi connectivity index (χ3v) is 3.56. The topological polar surface area (TPSA) is 79.2 Å². The second kappa shape index (κ2) is 8.43. The van der Waals surface area contributed by atoms with Gasteiger partial charge in [0.25, 0.3) is 0 Å². The summed E-state index contributed by atoms with van der Waals surface area (Å²) in [7, 11) is 0. The van der Waals surface area contributed by atoms with Crippen LogP contribution in [0.3, 0.4) is 0 Å². The molecule has 0 saturated heterocycles. The van der Waals surface area contributed by atoms with Gasteiger partial charge < -0.3 is 21.5 Å². The van der Waals surface area contributed by atoms with Gasteiger partial charge in [-0.15, -0.1) is 0 Å². The van der Waals surface area contributed by atoms with E-state index in [9.17, 15) is 10.2 Å². The smallest absolute Gasteiger partial charge is 0.124 e. The van der Waals surface area contributed by atoms with Gasteiger partial charge in [-0.1, -0.05) is 20.8 Å². The number of hydrogen-bond donors (Lipinski definition) is 3. The first-order valence-electron chi connectivity index (χ1n) is 5.28. The molecule has 0 rings (SSSR count). The number of rotatable bonds is 7. The summed E-state index contributed by atoms with van der Waals surface area (Å²) < 4.78 is 9.98. The Morgan fingerprint density at radius 1 is 1.12 bits per heavy atom. The van der Waals surface area contributed by atoms with Gasteiger partial charge in [0, 0.05) is 0 Å². The highest BCUT2D eigenvalue weighted by atomic mass is 127. The summed E-state index contributed by atoms with van der Waals surface area (Å²) in [4.78, 5) is 0. The lowest BCUT2D eigenvalue weighted by atomic mass is 9.86. The maximum atomic E-state index is 10.0. The lowest BCUT2D eigenvalue weighted by Gasteiger charge is -2.31. The van der Waals surface area contributed by atoms with E-state index in [1.54, 1.807) is 46.0 Å². The zero-order valence-electron chi connectivity index (χ0n) is 10.1. The maximum absolute atomic E-state index is 10.0. The van der Waals surface area contributed by atoms with Crippen molar-refractivity contribution in [2.24, 2.45) is 5.41 Å². The van der Waals surface area contributed by atoms with Crippen molar-refractivity contribution >= 4 is 46.0 Å². The summed E-state index contributed by atoms with van der Waals surface area (Å²) in [6, 6.07) is 0. The molecule has 0 fully saturated rings. The van der Waals surface area contributed by atoms with Crippen LogP contribution in [-0.2, 0) is 6.13 Å². The highest BCUT2D eigenvalue weighted by Gasteiger charge is 2.35. The zero-order chi connectivity index (χ0) is 13.6. The van der Waals surface area contributed by atoms with Crippen molar-refractivity contribution in [2.45, 2.75) is 51.6 Å². The van der Waals surface area contributed by atoms with Crippen LogP contribution in [0.25, 0.3) is 0 Å². The number of aliphatic hydroxyl groups excluding tert-OH is 3. The Morgan fingerprint density at radius 2 is 1.65 bits per heavy atom. The Morgan fingerprint density at radius 3 is 1.94 bits per heavy atom. The highest BCUT2D eigenvalue weighted by Crippen LogP contribution is 2.26.